The van der Waals surface area contributed by atoms with Crippen LogP contribution in [0, 0.1) is 0 Å². The summed E-state index contributed by atoms with van der Waals surface area (Å²) in [5.41, 5.74) is 5.93. The number of nitrogens with one attached hydrogen (secondary N) is 2. The molecular weight excluding hydrogens is 372 g/mol. The van der Waals surface area contributed by atoms with Crippen molar-refractivity contribution in [2.75, 3.05) is 26.7 Å². The van der Waals surface area contributed by atoms with E-state index in [1.807, 2.05) is 18.7 Å². The van der Waals surface area contributed by atoms with Gasteiger partial charge in [-0.05, 0) is 69.7 Å². The lowest BCUT2D eigenvalue weighted by Gasteiger charge is -2.46. The van der Waals surface area contributed by atoms with Crippen LogP contribution in [0.4, 0.5) is 4.79 Å². The molecular formula is C25H36N4O. The molecule has 0 radical (unpaired) electrons. The number of rotatable bonds is 4. The molecule has 1 aliphatic heterocycles. The van der Waals surface area contributed by atoms with Crippen molar-refractivity contribution >= 4 is 16.9 Å². The predicted octanol–water partition coefficient (Wildman–Crippen LogP) is 4.59. The minimum Gasteiger partial charge on any atom is -0.358 e. The molecule has 30 heavy (non-hydrogen) atoms. The summed E-state index contributed by atoms with van der Waals surface area (Å²) in [4.78, 5) is 20.9. The second-order valence-electron chi connectivity index (χ2n) is 9.64. The van der Waals surface area contributed by atoms with Gasteiger partial charge in [-0.25, -0.2) is 4.79 Å². The first kappa shape index (κ1) is 19.9. The molecule has 0 bridgehead atoms. The number of likely N-dealkylation sites (N-methyl/N-ethyl adjacent to an activating group) is 1. The van der Waals surface area contributed by atoms with E-state index in [4.69, 9.17) is 0 Å². The van der Waals surface area contributed by atoms with E-state index in [1.165, 1.54) is 47.8 Å². The molecule has 5 rings (SSSR count). The smallest absolute Gasteiger partial charge is 0.317 e. The molecule has 162 valence electrons. The van der Waals surface area contributed by atoms with E-state index in [2.05, 4.69) is 40.4 Å². The van der Waals surface area contributed by atoms with Gasteiger partial charge in [-0.3, -0.25) is 0 Å². The standard InChI is InChI=1S/C25H36N4O/c1-4-29(5-2)25(30)26-17-13-19-18-11-8-12-21-23(18)20(14-22(19)28(3)15-17)24(27-21)16-9-6-7-10-16/h8,11-12,16-17,19,22,27H,4-7,9-10,13-15H2,1-3H3,(H,26,30). The largest absolute Gasteiger partial charge is 0.358 e. The molecule has 3 atom stereocenters. The lowest BCUT2D eigenvalue weighted by Crippen LogP contribution is -2.56. The van der Waals surface area contributed by atoms with Crippen molar-refractivity contribution in [2.45, 2.75) is 76.3 Å². The second kappa shape index (κ2) is 7.92. The van der Waals surface area contributed by atoms with Crippen LogP contribution >= 0.6 is 0 Å². The summed E-state index contributed by atoms with van der Waals surface area (Å²) in [5, 5.41) is 4.82. The van der Waals surface area contributed by atoms with Gasteiger partial charge in [-0.1, -0.05) is 25.0 Å². The van der Waals surface area contributed by atoms with Crippen molar-refractivity contribution in [2.24, 2.45) is 0 Å². The number of fused-ring (bicyclic) bond motifs is 2. The molecule has 3 unspecified atom stereocenters. The molecule has 1 aromatic heterocycles. The fourth-order valence-electron chi connectivity index (χ4n) is 6.50. The fourth-order valence-corrected chi connectivity index (χ4v) is 6.50. The lowest BCUT2D eigenvalue weighted by molar-refractivity contribution is 0.124. The third-order valence-electron chi connectivity index (χ3n) is 8.02. The maximum Gasteiger partial charge on any atom is 0.317 e. The molecule has 2 aromatic rings. The Balaban J connectivity index is 1.46. The van der Waals surface area contributed by atoms with Gasteiger partial charge >= 0.3 is 6.03 Å². The van der Waals surface area contributed by atoms with Crippen molar-refractivity contribution in [3.8, 4) is 0 Å². The Morgan fingerprint density at radius 2 is 2.00 bits per heavy atom. The van der Waals surface area contributed by atoms with Gasteiger partial charge in [0.05, 0.1) is 0 Å². The summed E-state index contributed by atoms with van der Waals surface area (Å²) in [6.45, 7) is 6.54. The number of likely N-dealkylation sites (tertiary alicyclic amines) is 1. The number of nitrogens with zero attached hydrogens (tertiary/aromatic N) is 2. The van der Waals surface area contributed by atoms with E-state index >= 15 is 0 Å². The average Bonchev–Trinajstić information content (AvgIpc) is 3.39. The summed E-state index contributed by atoms with van der Waals surface area (Å²) in [5.74, 6) is 1.20. The zero-order valence-electron chi connectivity index (χ0n) is 18.7. The van der Waals surface area contributed by atoms with Gasteiger partial charge in [0.15, 0.2) is 0 Å². The molecule has 2 N–H and O–H groups in total. The number of carbonyl (C=O) groups excluding carboxylic acids is 1. The number of hydrogen-bond donors (Lipinski definition) is 2. The van der Waals surface area contributed by atoms with E-state index in [1.54, 1.807) is 5.56 Å². The molecule has 1 aromatic carbocycles. The summed E-state index contributed by atoms with van der Waals surface area (Å²) < 4.78 is 0. The van der Waals surface area contributed by atoms with Crippen molar-refractivity contribution in [1.29, 1.82) is 0 Å². The summed E-state index contributed by atoms with van der Waals surface area (Å²) >= 11 is 0. The van der Waals surface area contributed by atoms with Crippen LogP contribution < -0.4 is 5.32 Å². The molecule has 2 fully saturated rings. The number of benzene rings is 1. The van der Waals surface area contributed by atoms with Crippen molar-refractivity contribution in [3.05, 3.63) is 35.0 Å². The van der Waals surface area contributed by atoms with Crippen LogP contribution in [-0.4, -0.2) is 59.6 Å². The highest BCUT2D eigenvalue weighted by Crippen LogP contribution is 2.47. The summed E-state index contributed by atoms with van der Waals surface area (Å²) in [6.07, 6.45) is 7.57. The van der Waals surface area contributed by atoms with Crippen molar-refractivity contribution in [3.63, 3.8) is 0 Å². The molecule has 1 saturated heterocycles. The minimum atomic E-state index is 0.0803. The number of aromatic amines is 1. The van der Waals surface area contributed by atoms with Crippen molar-refractivity contribution < 1.29 is 4.79 Å². The Bertz CT molecular complexity index is 925. The van der Waals surface area contributed by atoms with Crippen LogP contribution in [0.1, 0.15) is 74.6 Å². The Morgan fingerprint density at radius 1 is 1.23 bits per heavy atom. The molecule has 3 aliphatic rings. The van der Waals surface area contributed by atoms with Crippen LogP contribution in [0.25, 0.3) is 10.9 Å². The first-order valence-corrected chi connectivity index (χ1v) is 12.0. The molecule has 0 spiro atoms. The molecule has 2 amide bonds. The third-order valence-corrected chi connectivity index (χ3v) is 8.02. The number of urea groups is 1. The van der Waals surface area contributed by atoms with Gasteiger partial charge in [0.2, 0.25) is 0 Å². The number of hydrogen-bond acceptors (Lipinski definition) is 2. The third kappa shape index (κ3) is 3.22. The highest BCUT2D eigenvalue weighted by atomic mass is 16.2. The zero-order chi connectivity index (χ0) is 20.8. The van der Waals surface area contributed by atoms with Gasteiger partial charge < -0.3 is 20.1 Å². The van der Waals surface area contributed by atoms with E-state index in [0.717, 1.165) is 32.5 Å². The molecule has 2 heterocycles. The predicted molar refractivity (Wildman–Crippen MR) is 122 cm³/mol. The second-order valence-corrected chi connectivity index (χ2v) is 9.64. The van der Waals surface area contributed by atoms with E-state index in [0.29, 0.717) is 17.9 Å². The Morgan fingerprint density at radius 3 is 2.73 bits per heavy atom. The topological polar surface area (TPSA) is 51.4 Å². The molecule has 5 nitrogen and oxygen atoms in total. The first-order chi connectivity index (χ1) is 14.6. The lowest BCUT2D eigenvalue weighted by atomic mass is 9.73. The quantitative estimate of drug-likeness (QED) is 0.777. The highest BCUT2D eigenvalue weighted by Gasteiger charge is 2.41. The SMILES string of the molecule is CCN(CC)C(=O)NC1CC2c3cccc4[nH]c(C5CCCC5)c(c34)CC2N(C)C1. The average molecular weight is 409 g/mol. The van der Waals surface area contributed by atoms with Crippen LogP contribution in [0.5, 0.6) is 0 Å². The summed E-state index contributed by atoms with van der Waals surface area (Å²) in [6, 6.07) is 7.63. The van der Waals surface area contributed by atoms with E-state index in [-0.39, 0.29) is 12.1 Å². The van der Waals surface area contributed by atoms with Gasteiger partial charge in [0, 0.05) is 54.2 Å². The van der Waals surface area contributed by atoms with Gasteiger partial charge in [-0.15, -0.1) is 0 Å². The van der Waals surface area contributed by atoms with Crippen molar-refractivity contribution in [1.82, 2.24) is 20.1 Å². The Kier molecular flexibility index (Phi) is 5.26. The highest BCUT2D eigenvalue weighted by molar-refractivity contribution is 5.90. The van der Waals surface area contributed by atoms with Gasteiger partial charge in [-0.2, -0.15) is 0 Å². The fraction of sp³-hybridized carbons (Fsp3) is 0.640. The normalized spacial score (nSPS) is 26.7. The monoisotopic (exact) mass is 408 g/mol. The number of aromatic nitrogens is 1. The number of H-pyrrole nitrogens is 1. The number of amides is 2. The number of carbonyl (C=O) groups is 1. The Hall–Kier alpha value is -2.01. The van der Waals surface area contributed by atoms with E-state index < -0.39 is 0 Å². The minimum absolute atomic E-state index is 0.0803. The zero-order valence-corrected chi connectivity index (χ0v) is 18.7. The molecule has 5 heteroatoms. The van der Waals surface area contributed by atoms with Gasteiger partial charge in [0.1, 0.15) is 0 Å². The maximum atomic E-state index is 12.7. The number of piperidine rings is 1. The maximum absolute atomic E-state index is 12.7. The molecule has 1 saturated carbocycles. The van der Waals surface area contributed by atoms with Crippen LogP contribution in [-0.2, 0) is 6.42 Å². The van der Waals surface area contributed by atoms with Gasteiger partial charge in [0.25, 0.3) is 0 Å². The van der Waals surface area contributed by atoms with Crippen LogP contribution in [0.2, 0.25) is 0 Å². The van der Waals surface area contributed by atoms with E-state index in [9.17, 15) is 4.79 Å². The first-order valence-electron chi connectivity index (χ1n) is 12.0. The van der Waals surface area contributed by atoms with Crippen LogP contribution in [0.3, 0.4) is 0 Å². The van der Waals surface area contributed by atoms with Crippen LogP contribution in [0.15, 0.2) is 18.2 Å². The Labute approximate surface area is 180 Å². The molecule has 2 aliphatic carbocycles. The summed E-state index contributed by atoms with van der Waals surface area (Å²) in [7, 11) is 2.25.